The predicted molar refractivity (Wildman–Crippen MR) is 98.6 cm³/mol. The molecule has 0 atom stereocenters. The average Bonchev–Trinajstić information content (AvgIpc) is 2.56. The number of anilines is 2. The van der Waals surface area contributed by atoms with Crippen molar-refractivity contribution >= 4 is 34.8 Å². The zero-order chi connectivity index (χ0) is 17.5. The van der Waals surface area contributed by atoms with E-state index in [1.165, 1.54) is 6.92 Å². The van der Waals surface area contributed by atoms with Crippen LogP contribution in [0.15, 0.2) is 54.6 Å². The number of halogens is 1. The molecule has 0 bridgehead atoms. The van der Waals surface area contributed by atoms with Gasteiger partial charge in [-0.05, 0) is 37.3 Å². The summed E-state index contributed by atoms with van der Waals surface area (Å²) in [5, 5.41) is 0.560. The minimum absolute atomic E-state index is 0.0167. The van der Waals surface area contributed by atoms with Crippen LogP contribution < -0.4 is 9.80 Å². The standard InChI is InChI=1S/C19H21ClN2O2/c1-3-21(17-9-5-4-6-10-17)19(24)12-13-22(15(2)23)18-11-7-8-16(20)14-18/h4-11,14H,3,12-13H2,1-2H3. The summed E-state index contributed by atoms with van der Waals surface area (Å²) in [5.41, 5.74) is 1.56. The van der Waals surface area contributed by atoms with Crippen LogP contribution in [0.4, 0.5) is 11.4 Å². The lowest BCUT2D eigenvalue weighted by molar-refractivity contribution is -0.118. The Hall–Kier alpha value is -2.33. The summed E-state index contributed by atoms with van der Waals surface area (Å²) in [6, 6.07) is 16.6. The predicted octanol–water partition coefficient (Wildman–Crippen LogP) is 4.14. The number of hydrogen-bond donors (Lipinski definition) is 0. The van der Waals surface area contributed by atoms with Crippen molar-refractivity contribution < 1.29 is 9.59 Å². The Kier molecular flexibility index (Phi) is 6.38. The highest BCUT2D eigenvalue weighted by Crippen LogP contribution is 2.21. The molecule has 0 unspecified atom stereocenters. The smallest absolute Gasteiger partial charge is 0.228 e. The van der Waals surface area contributed by atoms with Crippen LogP contribution in [-0.4, -0.2) is 24.9 Å². The summed E-state index contributed by atoms with van der Waals surface area (Å²) in [7, 11) is 0. The van der Waals surface area contributed by atoms with Crippen LogP contribution in [0.2, 0.25) is 5.02 Å². The number of nitrogens with zero attached hydrogens (tertiary/aromatic N) is 2. The molecule has 0 heterocycles. The fourth-order valence-corrected chi connectivity index (χ4v) is 2.75. The van der Waals surface area contributed by atoms with Gasteiger partial charge >= 0.3 is 0 Å². The molecule has 2 rings (SSSR count). The highest BCUT2D eigenvalue weighted by Gasteiger charge is 2.17. The number of benzene rings is 2. The summed E-state index contributed by atoms with van der Waals surface area (Å²) in [6.45, 7) is 4.32. The quantitative estimate of drug-likeness (QED) is 0.790. The van der Waals surface area contributed by atoms with E-state index in [4.69, 9.17) is 11.6 Å². The molecule has 2 aromatic carbocycles. The number of carbonyl (C=O) groups is 2. The Morgan fingerprint density at radius 1 is 0.958 bits per heavy atom. The fraction of sp³-hybridized carbons (Fsp3) is 0.263. The molecule has 4 nitrogen and oxygen atoms in total. The molecule has 0 saturated heterocycles. The van der Waals surface area contributed by atoms with Gasteiger partial charge < -0.3 is 9.80 Å². The maximum Gasteiger partial charge on any atom is 0.228 e. The van der Waals surface area contributed by atoms with Crippen LogP contribution in [0.3, 0.4) is 0 Å². The monoisotopic (exact) mass is 344 g/mol. The number of hydrogen-bond acceptors (Lipinski definition) is 2. The largest absolute Gasteiger partial charge is 0.313 e. The van der Waals surface area contributed by atoms with Crippen molar-refractivity contribution in [1.29, 1.82) is 0 Å². The minimum Gasteiger partial charge on any atom is -0.313 e. The van der Waals surface area contributed by atoms with E-state index in [1.807, 2.05) is 43.3 Å². The SMILES string of the molecule is CCN(C(=O)CCN(C(C)=O)c1cccc(Cl)c1)c1ccccc1. The summed E-state index contributed by atoms with van der Waals surface area (Å²) >= 11 is 6.00. The van der Waals surface area contributed by atoms with Crippen molar-refractivity contribution in [2.45, 2.75) is 20.3 Å². The van der Waals surface area contributed by atoms with Gasteiger partial charge in [0.25, 0.3) is 0 Å². The van der Waals surface area contributed by atoms with Crippen LogP contribution in [0, 0.1) is 0 Å². The van der Waals surface area contributed by atoms with Crippen LogP contribution in [0.25, 0.3) is 0 Å². The highest BCUT2D eigenvalue weighted by atomic mass is 35.5. The van der Waals surface area contributed by atoms with Crippen molar-refractivity contribution in [2.24, 2.45) is 0 Å². The molecule has 0 N–H and O–H groups in total. The van der Waals surface area contributed by atoms with Crippen LogP contribution in [0.1, 0.15) is 20.3 Å². The number of para-hydroxylation sites is 1. The molecule has 0 saturated carbocycles. The van der Waals surface area contributed by atoms with E-state index in [0.717, 1.165) is 5.69 Å². The van der Waals surface area contributed by atoms with Crippen LogP contribution in [0.5, 0.6) is 0 Å². The summed E-state index contributed by atoms with van der Waals surface area (Å²) in [5.74, 6) is -0.134. The third kappa shape index (κ3) is 4.59. The maximum absolute atomic E-state index is 12.6. The zero-order valence-electron chi connectivity index (χ0n) is 13.9. The van der Waals surface area contributed by atoms with E-state index in [2.05, 4.69) is 0 Å². The second-order valence-electron chi connectivity index (χ2n) is 5.37. The van der Waals surface area contributed by atoms with Crippen molar-refractivity contribution in [3.8, 4) is 0 Å². The summed E-state index contributed by atoms with van der Waals surface area (Å²) < 4.78 is 0. The normalized spacial score (nSPS) is 10.3. The molecule has 126 valence electrons. The van der Waals surface area contributed by atoms with Gasteiger partial charge in [0.05, 0.1) is 0 Å². The second kappa shape index (κ2) is 8.50. The lowest BCUT2D eigenvalue weighted by Gasteiger charge is -2.25. The Morgan fingerprint density at radius 2 is 1.62 bits per heavy atom. The molecule has 0 spiro atoms. The van der Waals surface area contributed by atoms with Crippen molar-refractivity contribution in [1.82, 2.24) is 0 Å². The molecule has 0 fully saturated rings. The molecule has 2 aromatic rings. The molecule has 0 aromatic heterocycles. The first-order valence-corrected chi connectivity index (χ1v) is 8.29. The first kappa shape index (κ1) is 18.0. The van der Waals surface area contributed by atoms with Gasteiger partial charge in [-0.2, -0.15) is 0 Å². The van der Waals surface area contributed by atoms with Crippen molar-refractivity contribution in [2.75, 3.05) is 22.9 Å². The third-order valence-electron chi connectivity index (χ3n) is 3.73. The fourth-order valence-electron chi connectivity index (χ4n) is 2.57. The Bertz CT molecular complexity index is 704. The van der Waals surface area contributed by atoms with E-state index >= 15 is 0 Å². The van der Waals surface area contributed by atoms with E-state index in [-0.39, 0.29) is 18.2 Å². The number of carbonyl (C=O) groups excluding carboxylic acids is 2. The summed E-state index contributed by atoms with van der Waals surface area (Å²) in [6.07, 6.45) is 0.245. The third-order valence-corrected chi connectivity index (χ3v) is 3.97. The highest BCUT2D eigenvalue weighted by molar-refractivity contribution is 6.30. The minimum atomic E-state index is -0.118. The van der Waals surface area contributed by atoms with Gasteiger partial charge in [-0.25, -0.2) is 0 Å². The second-order valence-corrected chi connectivity index (χ2v) is 5.81. The van der Waals surface area contributed by atoms with E-state index in [9.17, 15) is 9.59 Å². The van der Waals surface area contributed by atoms with Gasteiger partial charge in [-0.3, -0.25) is 9.59 Å². The lowest BCUT2D eigenvalue weighted by atomic mass is 10.2. The van der Waals surface area contributed by atoms with Gasteiger partial charge in [0.1, 0.15) is 0 Å². The van der Waals surface area contributed by atoms with Gasteiger partial charge in [0.2, 0.25) is 11.8 Å². The number of amides is 2. The van der Waals surface area contributed by atoms with Crippen LogP contribution >= 0.6 is 11.6 Å². The molecule has 24 heavy (non-hydrogen) atoms. The van der Waals surface area contributed by atoms with Gasteiger partial charge in [0.15, 0.2) is 0 Å². The first-order valence-electron chi connectivity index (χ1n) is 7.92. The molecule has 0 aliphatic carbocycles. The van der Waals surface area contributed by atoms with Gasteiger partial charge in [-0.15, -0.1) is 0 Å². The van der Waals surface area contributed by atoms with E-state index < -0.39 is 0 Å². The number of rotatable bonds is 6. The van der Waals surface area contributed by atoms with Crippen molar-refractivity contribution in [3.05, 3.63) is 59.6 Å². The molecule has 0 aliphatic heterocycles. The Balaban J connectivity index is 2.08. The Labute approximate surface area is 147 Å². The topological polar surface area (TPSA) is 40.6 Å². The molecule has 5 heteroatoms. The first-order chi connectivity index (χ1) is 11.5. The molecule has 0 aliphatic rings. The average molecular weight is 345 g/mol. The zero-order valence-corrected chi connectivity index (χ0v) is 14.7. The van der Waals surface area contributed by atoms with Gasteiger partial charge in [-0.1, -0.05) is 35.9 Å². The molecular weight excluding hydrogens is 324 g/mol. The van der Waals surface area contributed by atoms with E-state index in [1.54, 1.807) is 28.0 Å². The summed E-state index contributed by atoms with van der Waals surface area (Å²) in [4.78, 5) is 27.8. The molecule has 0 radical (unpaired) electrons. The van der Waals surface area contributed by atoms with Crippen molar-refractivity contribution in [3.63, 3.8) is 0 Å². The Morgan fingerprint density at radius 3 is 2.21 bits per heavy atom. The maximum atomic E-state index is 12.6. The molecular formula is C19H21ClN2O2. The lowest BCUT2D eigenvalue weighted by Crippen LogP contribution is -2.36. The van der Waals surface area contributed by atoms with Crippen LogP contribution in [-0.2, 0) is 9.59 Å². The molecule has 2 amide bonds. The van der Waals surface area contributed by atoms with Gasteiger partial charge in [0, 0.05) is 42.8 Å². The van der Waals surface area contributed by atoms with E-state index in [0.29, 0.717) is 23.8 Å².